The van der Waals surface area contributed by atoms with Crippen molar-refractivity contribution >= 4 is 50.2 Å². The number of carboxylic acid groups (broad SMARTS) is 2. The second-order valence-corrected chi connectivity index (χ2v) is 11.1. The van der Waals surface area contributed by atoms with Gasteiger partial charge in [-0.15, -0.1) is 11.3 Å². The number of piperidine rings is 1. The van der Waals surface area contributed by atoms with Gasteiger partial charge in [0.1, 0.15) is 29.9 Å². The monoisotopic (exact) mass is 583 g/mol. The van der Waals surface area contributed by atoms with E-state index < -0.39 is 23.9 Å². The molecule has 0 unspecified atom stereocenters. The highest BCUT2D eigenvalue weighted by molar-refractivity contribution is 7.19. The van der Waals surface area contributed by atoms with Gasteiger partial charge >= 0.3 is 11.9 Å². The minimum absolute atomic E-state index is 0.182. The number of hydrogen-bond acceptors (Lipinski definition) is 8. The van der Waals surface area contributed by atoms with Crippen molar-refractivity contribution in [3.05, 3.63) is 59.1 Å². The lowest BCUT2D eigenvalue weighted by Gasteiger charge is -2.38. The number of carbonyl (C=O) groups is 3. The first-order valence-corrected chi connectivity index (χ1v) is 13.9. The number of benzene rings is 2. The highest BCUT2D eigenvalue weighted by Gasteiger charge is 2.29. The fraction of sp³-hybridized carbons (Fsp3) is 0.345. The molecule has 1 saturated heterocycles. The van der Waals surface area contributed by atoms with E-state index in [1.807, 2.05) is 35.6 Å². The maximum Gasteiger partial charge on any atom is 0.414 e. The first kappa shape index (κ1) is 29.8. The number of aromatic nitrogens is 1. The number of likely N-dealkylation sites (tertiary alicyclic amines) is 1. The number of aliphatic hydroxyl groups excluding tert-OH is 1. The molecule has 1 aliphatic rings. The molecule has 5 rings (SSSR count). The molecule has 12 heteroatoms. The number of aliphatic carboxylic acids is 2. The number of nitrogens with zero attached hydrogens (tertiary/aromatic N) is 1. The van der Waals surface area contributed by atoms with Gasteiger partial charge in [-0.1, -0.05) is 6.07 Å². The minimum Gasteiger partial charge on any atom is -0.497 e. The van der Waals surface area contributed by atoms with Crippen LogP contribution in [0, 0.1) is 0 Å². The number of hydrogen-bond donors (Lipinski definition) is 5. The molecule has 6 N–H and O–H groups in total. The standard InChI is InChI=1S/C27H31N3O4S.C2H2O4/c1-16-10-18(25-11-17-6-7-20(33-2)12-26(17)35-25)8-9-30(16)14-19(31)15-34-24-5-3-4-22-21(24)13-23(29-22)27(28)32;3-1(4)2(5)6/h3-7,11-13,16,18-19,29,31H,8-10,14-15H2,1-2H3,(H2,28,32);(H,3,4)(H,5,6)/t16-,18-,19+;/m1./s1. The summed E-state index contributed by atoms with van der Waals surface area (Å²) < 4.78 is 12.6. The van der Waals surface area contributed by atoms with Gasteiger partial charge in [0.05, 0.1) is 7.11 Å². The van der Waals surface area contributed by atoms with Gasteiger partial charge in [-0.05, 0) is 80.1 Å². The number of carbonyl (C=O) groups excluding carboxylic acids is 1. The second kappa shape index (κ2) is 13.0. The van der Waals surface area contributed by atoms with Gasteiger partial charge in [-0.25, -0.2) is 9.59 Å². The largest absolute Gasteiger partial charge is 0.497 e. The van der Waals surface area contributed by atoms with E-state index in [9.17, 15) is 9.90 Å². The number of thiophene rings is 1. The van der Waals surface area contributed by atoms with Crippen LogP contribution in [0.1, 0.15) is 41.0 Å². The quantitative estimate of drug-likeness (QED) is 0.194. The number of fused-ring (bicyclic) bond motifs is 2. The van der Waals surface area contributed by atoms with E-state index >= 15 is 0 Å². The molecular weight excluding hydrogens is 550 g/mol. The van der Waals surface area contributed by atoms with Crippen LogP contribution < -0.4 is 15.2 Å². The maximum atomic E-state index is 11.5. The Labute approximate surface area is 240 Å². The van der Waals surface area contributed by atoms with Crippen LogP contribution in [0.2, 0.25) is 0 Å². The lowest BCUT2D eigenvalue weighted by molar-refractivity contribution is -0.159. The summed E-state index contributed by atoms with van der Waals surface area (Å²) in [5.74, 6) is -2.11. The molecule has 1 aliphatic heterocycles. The zero-order chi connectivity index (χ0) is 29.7. The first-order chi connectivity index (χ1) is 19.5. The van der Waals surface area contributed by atoms with Gasteiger partial charge in [0.2, 0.25) is 0 Å². The highest BCUT2D eigenvalue weighted by Crippen LogP contribution is 2.39. The average Bonchev–Trinajstić information content (AvgIpc) is 3.58. The normalized spacial score (nSPS) is 17.9. The van der Waals surface area contributed by atoms with E-state index in [0.29, 0.717) is 29.9 Å². The number of aromatic amines is 1. The van der Waals surface area contributed by atoms with Crippen LogP contribution in [0.5, 0.6) is 11.5 Å². The number of β-amino-alcohol motifs (C(OH)–C–C–N with tert-alkyl or cyclic N) is 1. The van der Waals surface area contributed by atoms with Gasteiger partial charge < -0.3 is 35.5 Å². The maximum absolute atomic E-state index is 11.5. The summed E-state index contributed by atoms with van der Waals surface area (Å²) in [6.07, 6.45) is 1.52. The molecule has 2 aromatic heterocycles. The van der Waals surface area contributed by atoms with Crippen LogP contribution >= 0.6 is 11.3 Å². The summed E-state index contributed by atoms with van der Waals surface area (Å²) in [6, 6.07) is 16.2. The van der Waals surface area contributed by atoms with Crippen molar-refractivity contribution in [3.63, 3.8) is 0 Å². The number of ether oxygens (including phenoxy) is 2. The minimum atomic E-state index is -1.82. The molecular formula is C29H33N3O8S. The number of nitrogens with one attached hydrogen (secondary N) is 1. The Balaban J connectivity index is 0.000000585. The summed E-state index contributed by atoms with van der Waals surface area (Å²) in [7, 11) is 1.70. The number of methoxy groups -OCH3 is 1. The van der Waals surface area contributed by atoms with E-state index in [0.717, 1.165) is 36.0 Å². The average molecular weight is 584 g/mol. The van der Waals surface area contributed by atoms with Gasteiger partial charge in [-0.3, -0.25) is 9.69 Å². The third kappa shape index (κ3) is 7.34. The van der Waals surface area contributed by atoms with Crippen molar-refractivity contribution in [1.29, 1.82) is 0 Å². The fourth-order valence-electron chi connectivity index (χ4n) is 5.01. The van der Waals surface area contributed by atoms with Crippen LogP contribution in [0.25, 0.3) is 21.0 Å². The van der Waals surface area contributed by atoms with Crippen LogP contribution in [-0.4, -0.2) is 82.0 Å². The predicted octanol–water partition coefficient (Wildman–Crippen LogP) is 3.65. The van der Waals surface area contributed by atoms with E-state index in [1.165, 1.54) is 15.0 Å². The number of primary amides is 1. The number of amides is 1. The second-order valence-electron chi connectivity index (χ2n) is 9.96. The number of H-pyrrole nitrogens is 1. The Morgan fingerprint density at radius 3 is 2.56 bits per heavy atom. The number of aliphatic hydroxyl groups is 1. The van der Waals surface area contributed by atoms with Crippen molar-refractivity contribution in [2.75, 3.05) is 26.8 Å². The zero-order valence-corrected chi connectivity index (χ0v) is 23.5. The molecule has 1 amide bonds. The Kier molecular flexibility index (Phi) is 9.48. The van der Waals surface area contributed by atoms with Gasteiger partial charge in [0, 0.05) is 33.1 Å². The molecule has 0 radical (unpaired) electrons. The molecule has 218 valence electrons. The van der Waals surface area contributed by atoms with Crippen molar-refractivity contribution in [2.24, 2.45) is 5.73 Å². The molecule has 11 nitrogen and oxygen atoms in total. The fourth-order valence-corrected chi connectivity index (χ4v) is 6.25. The molecule has 41 heavy (non-hydrogen) atoms. The summed E-state index contributed by atoms with van der Waals surface area (Å²) in [4.78, 5) is 36.5. The van der Waals surface area contributed by atoms with E-state index in [4.69, 9.17) is 35.0 Å². The van der Waals surface area contributed by atoms with Crippen molar-refractivity contribution in [1.82, 2.24) is 9.88 Å². The smallest absolute Gasteiger partial charge is 0.414 e. The van der Waals surface area contributed by atoms with Crippen molar-refractivity contribution < 1.29 is 39.2 Å². The van der Waals surface area contributed by atoms with Gasteiger partial charge in [0.25, 0.3) is 5.91 Å². The topological polar surface area (TPSA) is 175 Å². The molecule has 3 heterocycles. The molecule has 0 aliphatic carbocycles. The van der Waals surface area contributed by atoms with Gasteiger partial charge in [0.15, 0.2) is 0 Å². The molecule has 1 fully saturated rings. The van der Waals surface area contributed by atoms with Crippen LogP contribution in [0.3, 0.4) is 0 Å². The lowest BCUT2D eigenvalue weighted by atomic mass is 9.90. The van der Waals surface area contributed by atoms with Crippen LogP contribution in [0.15, 0.2) is 48.5 Å². The molecule has 0 saturated carbocycles. The Bertz CT molecular complexity index is 1540. The molecule has 0 spiro atoms. The molecule has 4 aromatic rings. The molecule has 0 bridgehead atoms. The number of carboxylic acids is 2. The Morgan fingerprint density at radius 1 is 1.15 bits per heavy atom. The Hall–Kier alpha value is -4.13. The molecule has 3 atom stereocenters. The number of nitrogens with two attached hydrogens (primary N) is 1. The van der Waals surface area contributed by atoms with Crippen LogP contribution in [0.4, 0.5) is 0 Å². The lowest BCUT2D eigenvalue weighted by Crippen LogP contribution is -2.45. The van der Waals surface area contributed by atoms with Crippen molar-refractivity contribution in [3.8, 4) is 11.5 Å². The Morgan fingerprint density at radius 2 is 1.90 bits per heavy atom. The number of rotatable bonds is 8. The van der Waals surface area contributed by atoms with E-state index in [1.54, 1.807) is 13.2 Å². The first-order valence-electron chi connectivity index (χ1n) is 13.1. The zero-order valence-electron chi connectivity index (χ0n) is 22.7. The third-order valence-corrected chi connectivity index (χ3v) is 8.37. The molecule has 2 aromatic carbocycles. The van der Waals surface area contributed by atoms with Crippen molar-refractivity contribution in [2.45, 2.75) is 37.8 Å². The van der Waals surface area contributed by atoms with E-state index in [-0.39, 0.29) is 6.61 Å². The summed E-state index contributed by atoms with van der Waals surface area (Å²) in [6.45, 7) is 3.92. The highest BCUT2D eigenvalue weighted by atomic mass is 32.1. The third-order valence-electron chi connectivity index (χ3n) is 7.11. The van der Waals surface area contributed by atoms with E-state index in [2.05, 4.69) is 35.0 Å². The SMILES string of the molecule is COc1ccc2cc([C@@H]3CCN(C[C@H](O)COc4cccc5[nH]c(C(N)=O)cc45)[C@H](C)C3)sc2c1.O=C(O)C(=O)O. The summed E-state index contributed by atoms with van der Waals surface area (Å²) >= 11 is 1.86. The summed E-state index contributed by atoms with van der Waals surface area (Å²) in [5.41, 5.74) is 6.50. The summed E-state index contributed by atoms with van der Waals surface area (Å²) in [5, 5.41) is 27.6. The predicted molar refractivity (Wildman–Crippen MR) is 155 cm³/mol. The van der Waals surface area contributed by atoms with Gasteiger partial charge in [-0.2, -0.15) is 0 Å². The van der Waals surface area contributed by atoms with Crippen LogP contribution in [-0.2, 0) is 9.59 Å².